The Labute approximate surface area is 119 Å². The van der Waals surface area contributed by atoms with E-state index in [9.17, 15) is 17.6 Å². The first-order valence-electron chi connectivity index (χ1n) is 5.75. The highest BCUT2D eigenvalue weighted by molar-refractivity contribution is 7.80. The van der Waals surface area contributed by atoms with Crippen molar-refractivity contribution >= 4 is 23.0 Å². The van der Waals surface area contributed by atoms with Crippen molar-refractivity contribution in [3.63, 3.8) is 0 Å². The highest BCUT2D eigenvalue weighted by Crippen LogP contribution is 2.32. The van der Waals surface area contributed by atoms with Gasteiger partial charge in [0.05, 0.1) is 5.56 Å². The smallest absolute Gasteiger partial charge is 0.385 e. The lowest BCUT2D eigenvalue weighted by Gasteiger charge is -2.13. The van der Waals surface area contributed by atoms with Crippen LogP contribution in [0.1, 0.15) is 12.0 Å². The van der Waals surface area contributed by atoms with Crippen molar-refractivity contribution < 1.29 is 22.3 Å². The van der Waals surface area contributed by atoms with E-state index in [0.717, 1.165) is 6.07 Å². The van der Waals surface area contributed by atoms with Crippen molar-refractivity contribution in [3.05, 3.63) is 29.6 Å². The second-order valence-corrected chi connectivity index (χ2v) is 4.33. The van der Waals surface area contributed by atoms with Gasteiger partial charge in [-0.15, -0.1) is 0 Å². The van der Waals surface area contributed by atoms with Crippen molar-refractivity contribution in [2.75, 3.05) is 25.6 Å². The molecule has 0 aliphatic carbocycles. The molecule has 112 valence electrons. The molecule has 0 aliphatic heterocycles. The molecular weight excluding hydrogens is 296 g/mol. The summed E-state index contributed by atoms with van der Waals surface area (Å²) < 4.78 is 55.5. The minimum atomic E-state index is -4.74. The van der Waals surface area contributed by atoms with Crippen molar-refractivity contribution in [2.24, 2.45) is 0 Å². The normalized spacial score (nSPS) is 11.2. The van der Waals surface area contributed by atoms with Crippen molar-refractivity contribution in [2.45, 2.75) is 12.6 Å². The van der Waals surface area contributed by atoms with Gasteiger partial charge in [0.1, 0.15) is 5.82 Å². The number of benzene rings is 1. The molecule has 2 N–H and O–H groups in total. The third-order valence-corrected chi connectivity index (χ3v) is 2.59. The van der Waals surface area contributed by atoms with Gasteiger partial charge in [0.15, 0.2) is 5.11 Å². The van der Waals surface area contributed by atoms with E-state index in [4.69, 9.17) is 17.0 Å². The summed E-state index contributed by atoms with van der Waals surface area (Å²) in [7, 11) is 1.56. The SMILES string of the molecule is COCCCNC(=S)Nc1ccc(F)c(C(F)(F)F)c1. The maximum Gasteiger partial charge on any atom is 0.419 e. The van der Waals surface area contributed by atoms with Crippen LogP contribution in [-0.4, -0.2) is 25.4 Å². The minimum absolute atomic E-state index is 0.0722. The Bertz CT molecular complexity index is 465. The van der Waals surface area contributed by atoms with E-state index in [0.29, 0.717) is 25.6 Å². The fraction of sp³-hybridized carbons (Fsp3) is 0.417. The summed E-state index contributed by atoms with van der Waals surface area (Å²) in [5.41, 5.74) is -1.26. The number of nitrogens with one attached hydrogen (secondary N) is 2. The molecule has 3 nitrogen and oxygen atoms in total. The molecule has 20 heavy (non-hydrogen) atoms. The number of alkyl halides is 3. The number of anilines is 1. The fourth-order valence-corrected chi connectivity index (χ4v) is 1.63. The summed E-state index contributed by atoms with van der Waals surface area (Å²) in [5, 5.41) is 5.54. The van der Waals surface area contributed by atoms with E-state index < -0.39 is 17.6 Å². The fourth-order valence-electron chi connectivity index (χ4n) is 1.41. The van der Waals surface area contributed by atoms with Crippen LogP contribution in [0.5, 0.6) is 0 Å². The zero-order chi connectivity index (χ0) is 15.2. The van der Waals surface area contributed by atoms with Gasteiger partial charge in [-0.1, -0.05) is 0 Å². The standard InChI is InChI=1S/C12H14F4N2OS/c1-19-6-2-5-17-11(20)18-8-3-4-10(13)9(7-8)12(14,15)16/h3-4,7H,2,5-6H2,1H3,(H2,17,18,20). The van der Waals surface area contributed by atoms with E-state index in [1.807, 2.05) is 0 Å². The van der Waals surface area contributed by atoms with Crippen LogP contribution in [-0.2, 0) is 10.9 Å². The quantitative estimate of drug-likeness (QED) is 0.497. The third-order valence-electron chi connectivity index (χ3n) is 2.34. The number of rotatable bonds is 5. The Hall–Kier alpha value is -1.41. The van der Waals surface area contributed by atoms with Crippen LogP contribution in [0, 0.1) is 5.82 Å². The summed E-state index contributed by atoms with van der Waals surface area (Å²) in [6.07, 6.45) is -4.04. The topological polar surface area (TPSA) is 33.3 Å². The zero-order valence-electron chi connectivity index (χ0n) is 10.7. The van der Waals surface area contributed by atoms with Gasteiger partial charge in [-0.3, -0.25) is 0 Å². The van der Waals surface area contributed by atoms with Gasteiger partial charge in [-0.25, -0.2) is 4.39 Å². The lowest BCUT2D eigenvalue weighted by atomic mass is 10.2. The highest BCUT2D eigenvalue weighted by atomic mass is 32.1. The summed E-state index contributed by atoms with van der Waals surface area (Å²) in [5.74, 6) is -1.32. The number of ether oxygens (including phenoxy) is 1. The maximum atomic E-state index is 13.1. The van der Waals surface area contributed by atoms with E-state index in [2.05, 4.69) is 10.6 Å². The summed E-state index contributed by atoms with van der Waals surface area (Å²) in [6, 6.07) is 2.62. The molecule has 0 bridgehead atoms. The first-order chi connectivity index (χ1) is 9.34. The summed E-state index contributed by atoms with van der Waals surface area (Å²) in [6.45, 7) is 1.07. The molecule has 0 saturated carbocycles. The molecule has 0 saturated heterocycles. The van der Waals surface area contributed by atoms with Crippen LogP contribution < -0.4 is 10.6 Å². The summed E-state index contributed by atoms with van der Waals surface area (Å²) >= 11 is 4.92. The molecular formula is C12H14F4N2OS. The van der Waals surface area contributed by atoms with Gasteiger partial charge in [0.2, 0.25) is 0 Å². The largest absolute Gasteiger partial charge is 0.419 e. The summed E-state index contributed by atoms with van der Waals surface area (Å²) in [4.78, 5) is 0. The van der Waals surface area contributed by atoms with Crippen LogP contribution in [0.4, 0.5) is 23.2 Å². The Morgan fingerprint density at radius 2 is 2.05 bits per heavy atom. The number of methoxy groups -OCH3 is 1. The first-order valence-corrected chi connectivity index (χ1v) is 6.16. The molecule has 0 atom stereocenters. The van der Waals surface area contributed by atoms with Crippen LogP contribution in [0.2, 0.25) is 0 Å². The van der Waals surface area contributed by atoms with Crippen LogP contribution in [0.3, 0.4) is 0 Å². The second kappa shape index (κ2) is 7.39. The maximum absolute atomic E-state index is 13.1. The monoisotopic (exact) mass is 310 g/mol. The molecule has 1 rings (SSSR count). The Morgan fingerprint density at radius 1 is 1.35 bits per heavy atom. The van der Waals surface area contributed by atoms with Crippen molar-refractivity contribution in [1.29, 1.82) is 0 Å². The average Bonchev–Trinajstić information content (AvgIpc) is 2.36. The molecule has 0 aliphatic rings. The number of hydrogen-bond donors (Lipinski definition) is 2. The predicted octanol–water partition coefficient (Wildman–Crippen LogP) is 3.17. The molecule has 0 radical (unpaired) electrons. The molecule has 0 unspecified atom stereocenters. The molecule has 0 spiro atoms. The minimum Gasteiger partial charge on any atom is -0.385 e. The van der Waals surface area contributed by atoms with Gasteiger partial charge >= 0.3 is 6.18 Å². The van der Waals surface area contributed by atoms with E-state index in [1.165, 1.54) is 6.07 Å². The molecule has 1 aromatic rings. The van der Waals surface area contributed by atoms with Crippen molar-refractivity contribution in [3.8, 4) is 0 Å². The van der Waals surface area contributed by atoms with Gasteiger partial charge < -0.3 is 15.4 Å². The highest BCUT2D eigenvalue weighted by Gasteiger charge is 2.34. The van der Waals surface area contributed by atoms with E-state index in [-0.39, 0.29) is 10.8 Å². The average molecular weight is 310 g/mol. The molecule has 0 amide bonds. The van der Waals surface area contributed by atoms with Gasteiger partial charge in [0.25, 0.3) is 0 Å². The zero-order valence-corrected chi connectivity index (χ0v) is 11.5. The Morgan fingerprint density at radius 3 is 2.65 bits per heavy atom. The number of hydrogen-bond acceptors (Lipinski definition) is 2. The van der Waals surface area contributed by atoms with E-state index >= 15 is 0 Å². The Balaban J connectivity index is 2.62. The first kappa shape index (κ1) is 16.6. The number of thiocarbonyl (C=S) groups is 1. The van der Waals surface area contributed by atoms with Crippen LogP contribution >= 0.6 is 12.2 Å². The lowest BCUT2D eigenvalue weighted by molar-refractivity contribution is -0.139. The molecule has 0 fully saturated rings. The predicted molar refractivity (Wildman–Crippen MR) is 72.1 cm³/mol. The van der Waals surface area contributed by atoms with Gasteiger partial charge in [-0.2, -0.15) is 13.2 Å². The van der Waals surface area contributed by atoms with Gasteiger partial charge in [-0.05, 0) is 36.8 Å². The molecule has 0 heterocycles. The lowest BCUT2D eigenvalue weighted by Crippen LogP contribution is -2.29. The van der Waals surface area contributed by atoms with Crippen molar-refractivity contribution in [1.82, 2.24) is 5.32 Å². The van der Waals surface area contributed by atoms with Gasteiger partial charge in [0, 0.05) is 25.9 Å². The molecule has 1 aromatic carbocycles. The van der Waals surface area contributed by atoms with Crippen LogP contribution in [0.25, 0.3) is 0 Å². The van der Waals surface area contributed by atoms with E-state index in [1.54, 1.807) is 7.11 Å². The molecule has 0 aromatic heterocycles. The van der Waals surface area contributed by atoms with Crippen LogP contribution in [0.15, 0.2) is 18.2 Å². The Kier molecular flexibility index (Phi) is 6.15. The molecule has 8 heteroatoms. The second-order valence-electron chi connectivity index (χ2n) is 3.92. The number of halogens is 4. The third kappa shape index (κ3) is 5.30.